The Morgan fingerprint density at radius 1 is 1.07 bits per heavy atom. The number of aromatic nitrogens is 2. The third-order valence-corrected chi connectivity index (χ3v) is 4.81. The van der Waals surface area contributed by atoms with Crippen LogP contribution in [-0.2, 0) is 17.6 Å². The molecule has 0 fully saturated rings. The number of anilines is 1. The van der Waals surface area contributed by atoms with E-state index in [1.54, 1.807) is 0 Å². The lowest BCUT2D eigenvalue weighted by Crippen LogP contribution is -2.25. The van der Waals surface area contributed by atoms with Gasteiger partial charge in [0.05, 0.1) is 11.3 Å². The number of hydrogen-bond acceptors (Lipinski definition) is 5. The zero-order valence-electron chi connectivity index (χ0n) is 15.1. The maximum Gasteiger partial charge on any atom is 0.258 e. The van der Waals surface area contributed by atoms with Crippen LogP contribution in [0.4, 0.5) is 5.13 Å². The summed E-state index contributed by atoms with van der Waals surface area (Å²) in [7, 11) is 0. The van der Waals surface area contributed by atoms with Crippen LogP contribution in [0.2, 0.25) is 0 Å². The Bertz CT molecular complexity index is 977. The van der Waals surface area contributed by atoms with Gasteiger partial charge in [-0.2, -0.15) is 0 Å². The van der Waals surface area contributed by atoms with Crippen molar-refractivity contribution < 1.29 is 9.59 Å². The van der Waals surface area contributed by atoms with Gasteiger partial charge in [0, 0.05) is 30.6 Å². The van der Waals surface area contributed by atoms with Gasteiger partial charge in [0.1, 0.15) is 0 Å². The maximum absolute atomic E-state index is 12.1. The largest absolute Gasteiger partial charge is 0.356 e. The number of carbonyl (C=O) groups excluding carboxylic acids is 2. The van der Waals surface area contributed by atoms with Crippen LogP contribution in [-0.4, -0.2) is 28.3 Å². The van der Waals surface area contributed by atoms with Gasteiger partial charge in [0.2, 0.25) is 11.5 Å². The highest BCUT2D eigenvalue weighted by molar-refractivity contribution is 7.14. The van der Waals surface area contributed by atoms with Crippen molar-refractivity contribution in [3.8, 4) is 0 Å². The van der Waals surface area contributed by atoms with Gasteiger partial charge in [-0.3, -0.25) is 19.7 Å². The van der Waals surface area contributed by atoms with E-state index in [4.69, 9.17) is 0 Å². The van der Waals surface area contributed by atoms with E-state index in [2.05, 4.69) is 20.6 Å². The van der Waals surface area contributed by atoms with Gasteiger partial charge >= 0.3 is 0 Å². The SMILES string of the molecule is O=C(CCc1csc(NC(=O)c2ccc(=O)[nH]c2)n1)NCCc1ccccc1. The van der Waals surface area contributed by atoms with E-state index in [0.29, 0.717) is 30.1 Å². The first-order valence-corrected chi connectivity index (χ1v) is 9.73. The maximum atomic E-state index is 12.1. The Labute approximate surface area is 165 Å². The molecule has 2 heterocycles. The zero-order valence-corrected chi connectivity index (χ0v) is 15.9. The van der Waals surface area contributed by atoms with Crippen molar-refractivity contribution in [2.24, 2.45) is 0 Å². The number of pyridine rings is 1. The Kier molecular flexibility index (Phi) is 6.69. The molecule has 0 spiro atoms. The molecule has 7 nitrogen and oxygen atoms in total. The third kappa shape index (κ3) is 5.88. The average Bonchev–Trinajstić information content (AvgIpc) is 3.15. The van der Waals surface area contributed by atoms with E-state index < -0.39 is 0 Å². The van der Waals surface area contributed by atoms with E-state index in [1.165, 1.54) is 35.2 Å². The van der Waals surface area contributed by atoms with Gasteiger partial charge in [-0.1, -0.05) is 30.3 Å². The summed E-state index contributed by atoms with van der Waals surface area (Å²) in [6.07, 6.45) is 2.99. The molecule has 0 aliphatic rings. The summed E-state index contributed by atoms with van der Waals surface area (Å²) in [5, 5.41) is 7.86. The normalized spacial score (nSPS) is 10.4. The molecule has 2 amide bonds. The minimum atomic E-state index is -0.351. The highest BCUT2D eigenvalue weighted by Gasteiger charge is 2.10. The van der Waals surface area contributed by atoms with Gasteiger partial charge in [0.25, 0.3) is 5.91 Å². The predicted molar refractivity (Wildman–Crippen MR) is 109 cm³/mol. The standard InChI is InChI=1S/C20H20N4O3S/c25-17(21-11-10-14-4-2-1-3-5-14)9-7-16-13-28-20(23-16)24-19(27)15-6-8-18(26)22-12-15/h1-6,8,12-13H,7,9-11H2,(H,21,25)(H,22,26)(H,23,24,27). The topological polar surface area (TPSA) is 104 Å². The van der Waals surface area contributed by atoms with Crippen molar-refractivity contribution in [2.45, 2.75) is 19.3 Å². The van der Waals surface area contributed by atoms with Gasteiger partial charge in [-0.15, -0.1) is 11.3 Å². The van der Waals surface area contributed by atoms with Gasteiger partial charge in [-0.05, 0) is 24.5 Å². The molecule has 3 rings (SSSR count). The number of rotatable bonds is 8. The molecule has 8 heteroatoms. The number of H-pyrrole nitrogens is 1. The third-order valence-electron chi connectivity index (χ3n) is 4.01. The average molecular weight is 396 g/mol. The van der Waals surface area contributed by atoms with E-state index in [9.17, 15) is 14.4 Å². The first-order chi connectivity index (χ1) is 13.6. The van der Waals surface area contributed by atoms with Gasteiger partial charge in [0.15, 0.2) is 5.13 Å². The van der Waals surface area contributed by atoms with Crippen LogP contribution in [0.15, 0.2) is 58.8 Å². The van der Waals surface area contributed by atoms with Crippen LogP contribution in [0, 0.1) is 0 Å². The number of benzene rings is 1. The fraction of sp³-hybridized carbons (Fsp3) is 0.200. The molecular weight excluding hydrogens is 376 g/mol. The number of nitrogens with zero attached hydrogens (tertiary/aromatic N) is 1. The molecule has 0 radical (unpaired) electrons. The number of carbonyl (C=O) groups is 2. The summed E-state index contributed by atoms with van der Waals surface area (Å²) in [6, 6.07) is 12.7. The van der Waals surface area contributed by atoms with Crippen molar-refractivity contribution in [1.82, 2.24) is 15.3 Å². The molecule has 2 aromatic heterocycles. The second-order valence-corrected chi connectivity index (χ2v) is 6.98. The van der Waals surface area contributed by atoms with E-state index in [1.807, 2.05) is 35.7 Å². The molecule has 144 valence electrons. The number of hydrogen-bond donors (Lipinski definition) is 3. The van der Waals surface area contributed by atoms with Crippen LogP contribution in [0.5, 0.6) is 0 Å². The summed E-state index contributed by atoms with van der Waals surface area (Å²) in [5.41, 5.74) is 2.01. The zero-order chi connectivity index (χ0) is 19.8. The molecule has 3 N–H and O–H groups in total. The molecule has 1 aromatic carbocycles. The Balaban J connectivity index is 1.41. The lowest BCUT2D eigenvalue weighted by Gasteiger charge is -2.04. The van der Waals surface area contributed by atoms with Crippen molar-refractivity contribution in [3.63, 3.8) is 0 Å². The molecule has 0 aliphatic carbocycles. The number of amides is 2. The van der Waals surface area contributed by atoms with Crippen molar-refractivity contribution in [2.75, 3.05) is 11.9 Å². The van der Waals surface area contributed by atoms with Crippen molar-refractivity contribution in [1.29, 1.82) is 0 Å². The van der Waals surface area contributed by atoms with Gasteiger partial charge in [-0.25, -0.2) is 4.98 Å². The highest BCUT2D eigenvalue weighted by atomic mass is 32.1. The molecule has 0 aliphatic heterocycles. The summed E-state index contributed by atoms with van der Waals surface area (Å²) in [6.45, 7) is 0.598. The fourth-order valence-electron chi connectivity index (χ4n) is 2.52. The quantitative estimate of drug-likeness (QED) is 0.544. The minimum Gasteiger partial charge on any atom is -0.356 e. The lowest BCUT2D eigenvalue weighted by molar-refractivity contribution is -0.121. The molecule has 28 heavy (non-hydrogen) atoms. The number of thiazole rings is 1. The molecular formula is C20H20N4O3S. The number of aryl methyl sites for hydroxylation is 1. The Hall–Kier alpha value is -3.26. The molecule has 0 bridgehead atoms. The molecule has 0 unspecified atom stereocenters. The molecule has 0 saturated carbocycles. The van der Waals surface area contributed by atoms with Crippen LogP contribution in [0.1, 0.15) is 28.0 Å². The minimum absolute atomic E-state index is 0.0252. The van der Waals surface area contributed by atoms with Crippen molar-refractivity contribution >= 4 is 28.3 Å². The van der Waals surface area contributed by atoms with E-state index >= 15 is 0 Å². The fourth-order valence-corrected chi connectivity index (χ4v) is 3.26. The van der Waals surface area contributed by atoms with E-state index in [0.717, 1.165) is 12.1 Å². The second kappa shape index (κ2) is 9.61. The first kappa shape index (κ1) is 19.5. The molecule has 0 saturated heterocycles. The molecule has 3 aromatic rings. The number of nitrogens with one attached hydrogen (secondary N) is 3. The van der Waals surface area contributed by atoms with Crippen molar-refractivity contribution in [3.05, 3.63) is 81.2 Å². The van der Waals surface area contributed by atoms with Gasteiger partial charge < -0.3 is 10.3 Å². The van der Waals surface area contributed by atoms with E-state index in [-0.39, 0.29) is 17.4 Å². The Morgan fingerprint density at radius 3 is 2.64 bits per heavy atom. The summed E-state index contributed by atoms with van der Waals surface area (Å²) < 4.78 is 0. The van der Waals surface area contributed by atoms with Crippen LogP contribution < -0.4 is 16.2 Å². The van der Waals surface area contributed by atoms with Crippen LogP contribution in [0.25, 0.3) is 0 Å². The smallest absolute Gasteiger partial charge is 0.258 e. The summed E-state index contributed by atoms with van der Waals surface area (Å²) >= 11 is 1.30. The second-order valence-electron chi connectivity index (χ2n) is 6.13. The summed E-state index contributed by atoms with van der Waals surface area (Å²) in [5.74, 6) is -0.376. The predicted octanol–water partition coefficient (Wildman–Crippen LogP) is 2.38. The highest BCUT2D eigenvalue weighted by Crippen LogP contribution is 2.17. The summed E-state index contributed by atoms with van der Waals surface area (Å²) in [4.78, 5) is 41.9. The lowest BCUT2D eigenvalue weighted by atomic mass is 10.1. The monoisotopic (exact) mass is 396 g/mol. The number of aromatic amines is 1. The first-order valence-electron chi connectivity index (χ1n) is 8.85. The Morgan fingerprint density at radius 2 is 1.89 bits per heavy atom. The van der Waals surface area contributed by atoms with Crippen LogP contribution in [0.3, 0.4) is 0 Å². The van der Waals surface area contributed by atoms with Crippen LogP contribution >= 0.6 is 11.3 Å². The molecule has 0 atom stereocenters.